The average Bonchev–Trinajstić information content (AvgIpc) is 2.57. The predicted molar refractivity (Wildman–Crippen MR) is 90.2 cm³/mol. The number of amides is 2. The Bertz CT molecular complexity index is 675. The Kier molecular flexibility index (Phi) is 5.77. The molecule has 1 aromatic rings. The molecule has 0 fully saturated rings. The molecule has 1 aromatic carbocycles. The molecule has 144 valence electrons. The van der Waals surface area contributed by atoms with Gasteiger partial charge in [-0.25, -0.2) is 9.80 Å². The second kappa shape index (κ2) is 7.50. The fraction of sp³-hybridized carbons (Fsp3) is 0.500. The number of benzene rings is 1. The summed E-state index contributed by atoms with van der Waals surface area (Å²) >= 11 is 0. The van der Waals surface area contributed by atoms with E-state index in [1.165, 1.54) is 26.2 Å². The molecule has 0 radical (unpaired) electrons. The third-order valence-electron chi connectivity index (χ3n) is 4.17. The Morgan fingerprint density at radius 1 is 1.27 bits per heavy atom. The Hall–Kier alpha value is -2.33. The van der Waals surface area contributed by atoms with Crippen molar-refractivity contribution in [3.8, 4) is 0 Å². The van der Waals surface area contributed by atoms with Crippen LogP contribution in [-0.4, -0.2) is 72.7 Å². The summed E-state index contributed by atoms with van der Waals surface area (Å²) in [7, 11) is 6.50. The van der Waals surface area contributed by atoms with Gasteiger partial charge in [0.1, 0.15) is 0 Å². The third-order valence-corrected chi connectivity index (χ3v) is 4.17. The number of carbonyl (C=O) groups excluding carboxylic acids is 1. The van der Waals surface area contributed by atoms with Gasteiger partial charge in [0, 0.05) is 20.6 Å². The maximum absolute atomic E-state index is 12.7. The molecule has 2 N–H and O–H groups in total. The number of hydrogen-bond acceptors (Lipinski definition) is 5. The Morgan fingerprint density at radius 3 is 2.35 bits per heavy atom. The molecule has 1 aliphatic rings. The van der Waals surface area contributed by atoms with Crippen molar-refractivity contribution in [2.24, 2.45) is 5.10 Å². The van der Waals surface area contributed by atoms with Crippen molar-refractivity contribution in [3.05, 3.63) is 35.4 Å². The van der Waals surface area contributed by atoms with E-state index in [-0.39, 0.29) is 18.4 Å². The van der Waals surface area contributed by atoms with E-state index < -0.39 is 24.0 Å². The molecule has 2 atom stereocenters. The number of rotatable bonds is 4. The molecule has 0 saturated heterocycles. The van der Waals surface area contributed by atoms with Gasteiger partial charge in [0.25, 0.3) is 0 Å². The summed E-state index contributed by atoms with van der Waals surface area (Å²) in [5.41, 5.74) is -0.0280. The van der Waals surface area contributed by atoms with Crippen molar-refractivity contribution >= 4 is 11.9 Å². The molecule has 1 aliphatic heterocycles. The van der Waals surface area contributed by atoms with Crippen LogP contribution >= 0.6 is 0 Å². The molecule has 0 bridgehead atoms. The monoisotopic (exact) mass is 373 g/mol. The fourth-order valence-electron chi connectivity index (χ4n) is 2.59. The number of nitrogens with one attached hydrogen (secondary N) is 1. The maximum atomic E-state index is 12.7. The van der Waals surface area contributed by atoms with E-state index >= 15 is 0 Å². The highest BCUT2D eigenvalue weighted by molar-refractivity contribution is 5.93. The Labute approximate surface area is 149 Å². The number of hydrazone groups is 1. The molecule has 0 aliphatic carbocycles. The first-order valence-corrected chi connectivity index (χ1v) is 7.87. The number of aliphatic hydroxyl groups is 1. The number of hydrogen-bond donors (Lipinski definition) is 2. The molecule has 0 saturated carbocycles. The largest absolute Gasteiger partial charge is 0.416 e. The number of likely N-dealkylation sites (N-methyl/N-ethyl adjacent to an activating group) is 2. The van der Waals surface area contributed by atoms with E-state index in [9.17, 15) is 23.1 Å². The Morgan fingerprint density at radius 2 is 1.85 bits per heavy atom. The number of amidine groups is 1. The van der Waals surface area contributed by atoms with E-state index in [1.54, 1.807) is 14.1 Å². The van der Waals surface area contributed by atoms with E-state index in [0.29, 0.717) is 5.56 Å². The lowest BCUT2D eigenvalue weighted by Crippen LogP contribution is -2.56. The first-order chi connectivity index (χ1) is 12.0. The van der Waals surface area contributed by atoms with Gasteiger partial charge in [0.05, 0.1) is 11.6 Å². The minimum Gasteiger partial charge on any atom is -0.367 e. The normalized spacial score (nSPS) is 19.7. The minimum absolute atomic E-state index is 0.188. The van der Waals surface area contributed by atoms with Gasteiger partial charge in [-0.15, -0.1) is 0 Å². The van der Waals surface area contributed by atoms with Gasteiger partial charge >= 0.3 is 12.2 Å². The third kappa shape index (κ3) is 4.25. The van der Waals surface area contributed by atoms with Crippen molar-refractivity contribution in [2.75, 3.05) is 34.7 Å². The summed E-state index contributed by atoms with van der Waals surface area (Å²) in [5, 5.41) is 18.2. The van der Waals surface area contributed by atoms with E-state index in [0.717, 1.165) is 22.0 Å². The van der Waals surface area contributed by atoms with Crippen LogP contribution in [0.1, 0.15) is 17.2 Å². The number of nitrogens with zero attached hydrogens (tertiary/aromatic N) is 4. The molecule has 10 heteroatoms. The zero-order valence-electron chi connectivity index (χ0n) is 14.9. The summed E-state index contributed by atoms with van der Waals surface area (Å²) in [6, 6.07) is 4.22. The van der Waals surface area contributed by atoms with Crippen LogP contribution in [-0.2, 0) is 6.18 Å². The number of aliphatic hydroxyl groups excluding tert-OH is 1. The molecule has 1 heterocycles. The molecule has 2 unspecified atom stereocenters. The highest BCUT2D eigenvalue weighted by Gasteiger charge is 2.32. The lowest BCUT2D eigenvalue weighted by molar-refractivity contribution is -0.137. The summed E-state index contributed by atoms with van der Waals surface area (Å²) in [5.74, 6) is 0.188. The van der Waals surface area contributed by atoms with Crippen molar-refractivity contribution in [2.45, 2.75) is 18.4 Å². The number of urea groups is 1. The van der Waals surface area contributed by atoms with Gasteiger partial charge < -0.3 is 15.3 Å². The number of halogens is 3. The summed E-state index contributed by atoms with van der Waals surface area (Å²) in [4.78, 5) is 14.7. The molecular formula is C16H22F3N5O2. The van der Waals surface area contributed by atoms with E-state index in [2.05, 4.69) is 10.4 Å². The van der Waals surface area contributed by atoms with E-state index in [1.807, 2.05) is 4.90 Å². The van der Waals surface area contributed by atoms with Crippen LogP contribution in [0, 0.1) is 0 Å². The van der Waals surface area contributed by atoms with Crippen molar-refractivity contribution in [1.29, 1.82) is 0 Å². The molecule has 2 amide bonds. The van der Waals surface area contributed by atoms with Crippen molar-refractivity contribution in [3.63, 3.8) is 0 Å². The average molecular weight is 373 g/mol. The quantitative estimate of drug-likeness (QED) is 0.840. The molecular weight excluding hydrogens is 351 g/mol. The number of carbonyl (C=O) groups is 1. The molecule has 0 aromatic heterocycles. The molecule has 7 nitrogen and oxygen atoms in total. The van der Waals surface area contributed by atoms with Crippen LogP contribution in [0.15, 0.2) is 29.4 Å². The summed E-state index contributed by atoms with van der Waals surface area (Å²) < 4.78 is 38.1. The SMILES string of the molecule is CN1N=C(NCC(c2ccc(C(F)(F)F)cc2)N(C)C)C(O)N(C)C1=O. The van der Waals surface area contributed by atoms with Crippen LogP contribution in [0.3, 0.4) is 0 Å². The minimum atomic E-state index is -4.38. The smallest absolute Gasteiger partial charge is 0.367 e. The fourth-order valence-corrected chi connectivity index (χ4v) is 2.59. The number of alkyl halides is 3. The zero-order valence-corrected chi connectivity index (χ0v) is 14.9. The van der Waals surface area contributed by atoms with Crippen LogP contribution < -0.4 is 5.32 Å². The van der Waals surface area contributed by atoms with Gasteiger partial charge in [-0.3, -0.25) is 4.90 Å². The van der Waals surface area contributed by atoms with Gasteiger partial charge in [-0.2, -0.15) is 18.3 Å². The topological polar surface area (TPSA) is 71.4 Å². The van der Waals surface area contributed by atoms with Crippen molar-refractivity contribution < 1.29 is 23.1 Å². The van der Waals surface area contributed by atoms with Gasteiger partial charge in [-0.1, -0.05) is 12.1 Å². The lowest BCUT2D eigenvalue weighted by atomic mass is 10.0. The van der Waals surface area contributed by atoms with Crippen LogP contribution in [0.2, 0.25) is 0 Å². The van der Waals surface area contributed by atoms with Crippen LogP contribution in [0.5, 0.6) is 0 Å². The first-order valence-electron chi connectivity index (χ1n) is 7.87. The molecule has 2 rings (SSSR count). The summed E-state index contributed by atoms with van der Waals surface area (Å²) in [6.45, 7) is 0.282. The summed E-state index contributed by atoms with van der Waals surface area (Å²) in [6.07, 6.45) is -5.60. The first kappa shape index (κ1) is 20.0. The van der Waals surface area contributed by atoms with E-state index in [4.69, 9.17) is 0 Å². The highest BCUT2D eigenvalue weighted by Crippen LogP contribution is 2.30. The molecule has 26 heavy (non-hydrogen) atoms. The second-order valence-electron chi connectivity index (χ2n) is 6.26. The van der Waals surface area contributed by atoms with Gasteiger partial charge in [-0.05, 0) is 31.8 Å². The standard InChI is InChI=1S/C16H22F3N5O2/c1-22(2)12(10-5-7-11(8-6-10)16(17,18)19)9-20-13-14(25)23(3)15(26)24(4)21-13/h5-8,12,14,25H,9H2,1-4H3,(H,20,21). The second-order valence-corrected chi connectivity index (χ2v) is 6.26. The van der Waals surface area contributed by atoms with Gasteiger partial charge in [0.15, 0.2) is 12.1 Å². The van der Waals surface area contributed by atoms with Crippen LogP contribution in [0.4, 0.5) is 18.0 Å². The van der Waals surface area contributed by atoms with Crippen LogP contribution in [0.25, 0.3) is 0 Å². The molecule has 0 spiro atoms. The maximum Gasteiger partial charge on any atom is 0.416 e. The lowest BCUT2D eigenvalue weighted by Gasteiger charge is -2.34. The highest BCUT2D eigenvalue weighted by atomic mass is 19.4. The van der Waals surface area contributed by atoms with Gasteiger partial charge in [0.2, 0.25) is 0 Å². The zero-order chi connectivity index (χ0) is 19.6. The predicted octanol–water partition coefficient (Wildman–Crippen LogP) is 1.53. The van der Waals surface area contributed by atoms with Crippen molar-refractivity contribution in [1.82, 2.24) is 20.1 Å². The Balaban J connectivity index is 2.14.